The lowest BCUT2D eigenvalue weighted by Gasteiger charge is -2.16. The van der Waals surface area contributed by atoms with Gasteiger partial charge in [0.2, 0.25) is 0 Å². The zero-order chi connectivity index (χ0) is 28.6. The van der Waals surface area contributed by atoms with Crippen molar-refractivity contribution >= 4 is 21.9 Å². The van der Waals surface area contributed by atoms with Gasteiger partial charge in [0, 0.05) is 27.8 Å². The van der Waals surface area contributed by atoms with E-state index in [1.165, 1.54) is 11.1 Å². The Morgan fingerprint density at radius 3 is 1.98 bits per heavy atom. The van der Waals surface area contributed by atoms with Gasteiger partial charge in [-0.2, -0.15) is 0 Å². The summed E-state index contributed by atoms with van der Waals surface area (Å²) >= 11 is 0. The van der Waals surface area contributed by atoms with Crippen LogP contribution in [-0.2, 0) is 0 Å². The first-order valence-corrected chi connectivity index (χ1v) is 14.6. The van der Waals surface area contributed by atoms with Crippen LogP contribution in [0, 0.1) is 0 Å². The van der Waals surface area contributed by atoms with Crippen LogP contribution in [0.4, 0.5) is 0 Å². The standard InChI is InChI=1S/C39H27N3O/c1-4-12-26(13-5-1)27-20-22-28(23-21-27)31-24-25-34-35(32-18-10-11-19-33(32)43-34)36(31)39-41-37(29-14-6-2-7-15-29)40-38(42-39)30-16-8-3-9-17-30/h1-16,18-25,30H,17H2. The topological polar surface area (TPSA) is 51.8 Å². The highest BCUT2D eigenvalue weighted by Crippen LogP contribution is 2.42. The molecule has 0 radical (unpaired) electrons. The molecule has 1 aliphatic rings. The predicted molar refractivity (Wildman–Crippen MR) is 174 cm³/mol. The molecule has 1 atom stereocenters. The van der Waals surface area contributed by atoms with Gasteiger partial charge >= 0.3 is 0 Å². The van der Waals surface area contributed by atoms with Crippen LogP contribution < -0.4 is 0 Å². The van der Waals surface area contributed by atoms with Crippen LogP contribution >= 0.6 is 0 Å². The second-order valence-corrected chi connectivity index (χ2v) is 10.8. The molecule has 0 aliphatic heterocycles. The highest BCUT2D eigenvalue weighted by molar-refractivity contribution is 6.15. The van der Waals surface area contributed by atoms with Crippen LogP contribution in [0.5, 0.6) is 0 Å². The highest BCUT2D eigenvalue weighted by Gasteiger charge is 2.23. The first kappa shape index (κ1) is 25.1. The molecule has 7 aromatic rings. The third kappa shape index (κ3) is 4.63. The number of benzene rings is 5. The van der Waals surface area contributed by atoms with Gasteiger partial charge in [0.25, 0.3) is 0 Å². The number of hydrogen-bond acceptors (Lipinski definition) is 4. The number of fused-ring (bicyclic) bond motifs is 3. The largest absolute Gasteiger partial charge is 0.456 e. The summed E-state index contributed by atoms with van der Waals surface area (Å²) in [5.74, 6) is 2.15. The van der Waals surface area contributed by atoms with Gasteiger partial charge in [0.15, 0.2) is 11.6 Å². The van der Waals surface area contributed by atoms with Crippen LogP contribution in [0.2, 0.25) is 0 Å². The zero-order valence-corrected chi connectivity index (χ0v) is 23.4. The fourth-order valence-electron chi connectivity index (χ4n) is 5.92. The highest BCUT2D eigenvalue weighted by atomic mass is 16.3. The quantitative estimate of drug-likeness (QED) is 0.213. The SMILES string of the molecule is C1=CCC(c2nc(-c3ccccc3)nc(-c3c(-c4ccc(-c5ccccc5)cc4)ccc4oc5ccccc5c34)n2)C=C1. The van der Waals surface area contributed by atoms with Gasteiger partial charge < -0.3 is 4.42 Å². The molecular formula is C39H27N3O. The third-order valence-electron chi connectivity index (χ3n) is 8.07. The molecule has 0 amide bonds. The number of furan rings is 1. The Labute approximate surface area is 249 Å². The molecule has 4 heteroatoms. The van der Waals surface area contributed by atoms with Crippen LogP contribution in [0.3, 0.4) is 0 Å². The van der Waals surface area contributed by atoms with E-state index in [1.54, 1.807) is 0 Å². The maximum atomic E-state index is 6.35. The summed E-state index contributed by atoms with van der Waals surface area (Å²) in [4.78, 5) is 15.3. The molecule has 1 aliphatic carbocycles. The molecule has 1 unspecified atom stereocenters. The first-order chi connectivity index (χ1) is 21.3. The summed E-state index contributed by atoms with van der Waals surface area (Å²) in [6.45, 7) is 0. The summed E-state index contributed by atoms with van der Waals surface area (Å²) in [6, 6.07) is 41.7. The monoisotopic (exact) mass is 553 g/mol. The molecule has 4 nitrogen and oxygen atoms in total. The Morgan fingerprint density at radius 1 is 0.535 bits per heavy atom. The van der Waals surface area contributed by atoms with Crippen molar-refractivity contribution in [3.63, 3.8) is 0 Å². The molecular weight excluding hydrogens is 526 g/mol. The molecule has 0 fully saturated rings. The number of aromatic nitrogens is 3. The Hall–Kier alpha value is -5.61. The molecule has 2 aromatic heterocycles. The van der Waals surface area contributed by atoms with Crippen LogP contribution in [-0.4, -0.2) is 15.0 Å². The van der Waals surface area contributed by atoms with Crippen molar-refractivity contribution in [1.82, 2.24) is 15.0 Å². The number of rotatable bonds is 5. The van der Waals surface area contributed by atoms with Crippen LogP contribution in [0.15, 0.2) is 150 Å². The van der Waals surface area contributed by atoms with Crippen LogP contribution in [0.25, 0.3) is 67.0 Å². The van der Waals surface area contributed by atoms with Gasteiger partial charge in [-0.1, -0.05) is 127 Å². The van der Waals surface area contributed by atoms with Crippen molar-refractivity contribution in [2.45, 2.75) is 12.3 Å². The number of allylic oxidation sites excluding steroid dienone is 4. The minimum absolute atomic E-state index is 0.0723. The van der Waals surface area contributed by atoms with Crippen molar-refractivity contribution < 1.29 is 4.42 Å². The molecule has 0 saturated heterocycles. The minimum Gasteiger partial charge on any atom is -0.456 e. The summed E-state index contributed by atoms with van der Waals surface area (Å²) in [6.07, 6.45) is 9.34. The van der Waals surface area contributed by atoms with Gasteiger partial charge in [-0.15, -0.1) is 0 Å². The second-order valence-electron chi connectivity index (χ2n) is 10.8. The average molecular weight is 554 g/mol. The van der Waals surface area contributed by atoms with Gasteiger partial charge in [-0.3, -0.25) is 0 Å². The molecule has 0 bridgehead atoms. The lowest BCUT2D eigenvalue weighted by Crippen LogP contribution is -2.08. The van der Waals surface area contributed by atoms with Crippen molar-refractivity contribution in [2.24, 2.45) is 0 Å². The van der Waals surface area contributed by atoms with Crippen molar-refractivity contribution in [3.8, 4) is 45.0 Å². The Morgan fingerprint density at radius 2 is 1.21 bits per heavy atom. The van der Waals surface area contributed by atoms with Crippen LogP contribution in [0.1, 0.15) is 18.2 Å². The first-order valence-electron chi connectivity index (χ1n) is 14.6. The molecule has 43 heavy (non-hydrogen) atoms. The fraction of sp³-hybridized carbons (Fsp3) is 0.0513. The summed E-state index contributed by atoms with van der Waals surface area (Å²) < 4.78 is 6.35. The van der Waals surface area contributed by atoms with Gasteiger partial charge in [-0.05, 0) is 46.9 Å². The van der Waals surface area contributed by atoms with E-state index < -0.39 is 0 Å². The lowest BCUT2D eigenvalue weighted by molar-refractivity contribution is 0.669. The van der Waals surface area contributed by atoms with Gasteiger partial charge in [0.05, 0.1) is 0 Å². The van der Waals surface area contributed by atoms with Crippen molar-refractivity contribution in [1.29, 1.82) is 0 Å². The Bertz CT molecular complexity index is 2140. The van der Waals surface area contributed by atoms with E-state index in [0.717, 1.165) is 56.4 Å². The maximum Gasteiger partial charge on any atom is 0.165 e. The molecule has 0 N–H and O–H groups in total. The number of para-hydroxylation sites is 1. The fourth-order valence-corrected chi connectivity index (χ4v) is 5.92. The van der Waals surface area contributed by atoms with E-state index in [1.807, 2.05) is 36.4 Å². The summed E-state index contributed by atoms with van der Waals surface area (Å²) in [5.41, 5.74) is 8.06. The van der Waals surface area contributed by atoms with E-state index in [9.17, 15) is 0 Å². The van der Waals surface area contributed by atoms with E-state index in [2.05, 4.69) is 109 Å². The summed E-state index contributed by atoms with van der Waals surface area (Å²) in [7, 11) is 0. The molecule has 0 saturated carbocycles. The molecule has 5 aromatic carbocycles. The molecule has 2 heterocycles. The van der Waals surface area contributed by atoms with Gasteiger partial charge in [0.1, 0.15) is 17.0 Å². The van der Waals surface area contributed by atoms with E-state index >= 15 is 0 Å². The third-order valence-corrected chi connectivity index (χ3v) is 8.07. The average Bonchev–Trinajstić information content (AvgIpc) is 3.48. The minimum atomic E-state index is 0.0723. The van der Waals surface area contributed by atoms with E-state index in [4.69, 9.17) is 19.4 Å². The molecule has 204 valence electrons. The Kier molecular flexibility index (Phi) is 6.23. The van der Waals surface area contributed by atoms with E-state index in [-0.39, 0.29) is 5.92 Å². The smallest absolute Gasteiger partial charge is 0.165 e. The normalized spacial score (nSPS) is 14.5. The predicted octanol–water partition coefficient (Wildman–Crippen LogP) is 10.0. The number of nitrogens with zero attached hydrogens (tertiary/aromatic N) is 3. The second kappa shape index (κ2) is 10.7. The van der Waals surface area contributed by atoms with E-state index in [0.29, 0.717) is 11.6 Å². The number of hydrogen-bond donors (Lipinski definition) is 0. The Balaban J connectivity index is 1.39. The zero-order valence-electron chi connectivity index (χ0n) is 23.4. The van der Waals surface area contributed by atoms with Crippen molar-refractivity contribution in [2.75, 3.05) is 0 Å². The maximum absolute atomic E-state index is 6.35. The van der Waals surface area contributed by atoms with Gasteiger partial charge in [-0.25, -0.2) is 15.0 Å². The van der Waals surface area contributed by atoms with Crippen molar-refractivity contribution in [3.05, 3.63) is 151 Å². The molecule has 8 rings (SSSR count). The molecule has 0 spiro atoms. The lowest BCUT2D eigenvalue weighted by atomic mass is 9.93. The summed E-state index contributed by atoms with van der Waals surface area (Å²) in [5, 5.41) is 2.05.